The SMILES string of the molecule is CC(=O)C12CC3CC(C1)C(OI)C(C3)C2. The van der Waals surface area contributed by atoms with Crippen LogP contribution in [0.5, 0.6) is 0 Å². The molecule has 4 aliphatic carbocycles. The van der Waals surface area contributed by atoms with E-state index >= 15 is 0 Å². The highest BCUT2D eigenvalue weighted by molar-refractivity contribution is 14.1. The van der Waals surface area contributed by atoms with Gasteiger partial charge in [0.05, 0.1) is 6.10 Å². The molecule has 84 valence electrons. The van der Waals surface area contributed by atoms with Gasteiger partial charge in [0.1, 0.15) is 28.8 Å². The molecule has 15 heavy (non-hydrogen) atoms. The fraction of sp³-hybridized carbons (Fsp3) is 0.917. The quantitative estimate of drug-likeness (QED) is 0.731. The topological polar surface area (TPSA) is 26.3 Å². The van der Waals surface area contributed by atoms with Crippen LogP contribution in [0.4, 0.5) is 0 Å². The van der Waals surface area contributed by atoms with Crippen molar-refractivity contribution in [2.45, 2.75) is 45.1 Å². The predicted molar refractivity (Wildman–Crippen MR) is 65.6 cm³/mol. The average molecular weight is 320 g/mol. The van der Waals surface area contributed by atoms with E-state index in [2.05, 4.69) is 23.0 Å². The summed E-state index contributed by atoms with van der Waals surface area (Å²) in [6.45, 7) is 1.80. The van der Waals surface area contributed by atoms with E-state index in [9.17, 15) is 4.79 Å². The first-order valence-electron chi connectivity index (χ1n) is 5.93. The summed E-state index contributed by atoms with van der Waals surface area (Å²) < 4.78 is 5.61. The number of carbonyl (C=O) groups is 1. The van der Waals surface area contributed by atoms with Crippen molar-refractivity contribution >= 4 is 28.8 Å². The van der Waals surface area contributed by atoms with Gasteiger partial charge in [-0.15, -0.1) is 0 Å². The van der Waals surface area contributed by atoms with Crippen molar-refractivity contribution in [3.05, 3.63) is 0 Å². The Morgan fingerprint density at radius 2 is 1.87 bits per heavy atom. The van der Waals surface area contributed by atoms with Gasteiger partial charge in [-0.2, -0.15) is 0 Å². The molecule has 0 saturated heterocycles. The van der Waals surface area contributed by atoms with Crippen molar-refractivity contribution in [3.8, 4) is 0 Å². The molecule has 4 saturated carbocycles. The van der Waals surface area contributed by atoms with Gasteiger partial charge in [0.15, 0.2) is 0 Å². The van der Waals surface area contributed by atoms with Crippen molar-refractivity contribution in [1.29, 1.82) is 0 Å². The van der Waals surface area contributed by atoms with Crippen LogP contribution in [0.3, 0.4) is 0 Å². The monoisotopic (exact) mass is 320 g/mol. The van der Waals surface area contributed by atoms with Crippen molar-refractivity contribution in [2.75, 3.05) is 0 Å². The summed E-state index contributed by atoms with van der Waals surface area (Å²) in [4.78, 5) is 11.8. The third-order valence-corrected chi connectivity index (χ3v) is 5.62. The highest BCUT2D eigenvalue weighted by Gasteiger charge is 2.57. The molecule has 4 bridgehead atoms. The van der Waals surface area contributed by atoms with Gasteiger partial charge >= 0.3 is 0 Å². The lowest BCUT2D eigenvalue weighted by Crippen LogP contribution is -2.55. The highest BCUT2D eigenvalue weighted by atomic mass is 127. The second-order valence-corrected chi connectivity index (χ2v) is 6.37. The second-order valence-electron chi connectivity index (χ2n) is 5.86. The van der Waals surface area contributed by atoms with Gasteiger partial charge in [0, 0.05) is 5.41 Å². The molecule has 2 unspecified atom stereocenters. The second kappa shape index (κ2) is 3.42. The van der Waals surface area contributed by atoms with E-state index in [4.69, 9.17) is 3.07 Å². The Hall–Kier alpha value is 0.360. The van der Waals surface area contributed by atoms with E-state index in [0.717, 1.165) is 18.8 Å². The molecule has 0 aromatic rings. The molecule has 0 aromatic carbocycles. The molecule has 0 radical (unpaired) electrons. The maximum Gasteiger partial charge on any atom is 0.135 e. The zero-order valence-electron chi connectivity index (χ0n) is 9.04. The first kappa shape index (κ1) is 10.5. The third-order valence-electron chi connectivity index (χ3n) is 5.04. The molecule has 3 heteroatoms. The molecular weight excluding hydrogens is 303 g/mol. The van der Waals surface area contributed by atoms with Crippen molar-refractivity contribution in [2.24, 2.45) is 23.2 Å². The fourth-order valence-electron chi connectivity index (χ4n) is 4.55. The number of rotatable bonds is 2. The molecule has 2 atom stereocenters. The Balaban J connectivity index is 1.92. The largest absolute Gasteiger partial charge is 0.312 e. The molecule has 0 heterocycles. The van der Waals surface area contributed by atoms with Crippen LogP contribution < -0.4 is 0 Å². The predicted octanol–water partition coefficient (Wildman–Crippen LogP) is 3.14. The Bertz CT molecular complexity index is 286. The van der Waals surface area contributed by atoms with E-state index < -0.39 is 0 Å². The van der Waals surface area contributed by atoms with E-state index in [-0.39, 0.29) is 5.41 Å². The lowest BCUT2D eigenvalue weighted by molar-refractivity contribution is -0.152. The summed E-state index contributed by atoms with van der Waals surface area (Å²) in [7, 11) is 0. The Morgan fingerprint density at radius 3 is 2.33 bits per heavy atom. The van der Waals surface area contributed by atoms with Gasteiger partial charge in [0.25, 0.3) is 0 Å². The number of Topliss-reactive ketones (excluding diaryl/α,β-unsaturated/α-hetero) is 1. The first-order chi connectivity index (χ1) is 7.14. The number of carbonyl (C=O) groups excluding carboxylic acids is 1. The summed E-state index contributed by atoms with van der Waals surface area (Å²) in [5.41, 5.74) is 0.0577. The molecule has 2 nitrogen and oxygen atoms in total. The Kier molecular flexibility index (Phi) is 2.40. The van der Waals surface area contributed by atoms with Crippen molar-refractivity contribution in [3.63, 3.8) is 0 Å². The maximum atomic E-state index is 11.8. The highest BCUT2D eigenvalue weighted by Crippen LogP contribution is 2.61. The minimum Gasteiger partial charge on any atom is -0.312 e. The minimum atomic E-state index is 0.0577. The van der Waals surface area contributed by atoms with Crippen LogP contribution in [0.15, 0.2) is 0 Å². The summed E-state index contributed by atoms with van der Waals surface area (Å²) in [6, 6.07) is 0. The molecule has 4 aliphatic rings. The smallest absolute Gasteiger partial charge is 0.135 e. The van der Waals surface area contributed by atoms with Gasteiger partial charge in [0.2, 0.25) is 0 Å². The van der Waals surface area contributed by atoms with E-state index in [1.54, 1.807) is 6.92 Å². The average Bonchev–Trinajstić information content (AvgIpc) is 2.16. The Morgan fingerprint density at radius 1 is 1.27 bits per heavy atom. The van der Waals surface area contributed by atoms with E-state index in [1.165, 1.54) is 19.3 Å². The minimum absolute atomic E-state index is 0.0577. The van der Waals surface area contributed by atoms with Crippen LogP contribution in [-0.4, -0.2) is 11.9 Å². The molecule has 0 spiro atoms. The van der Waals surface area contributed by atoms with Crippen LogP contribution >= 0.6 is 23.0 Å². The Labute approximate surface area is 105 Å². The summed E-state index contributed by atoms with van der Waals surface area (Å²) in [5, 5.41) is 0. The molecule has 0 amide bonds. The van der Waals surface area contributed by atoms with Gasteiger partial charge in [-0.1, -0.05) is 0 Å². The molecule has 0 N–H and O–H groups in total. The lowest BCUT2D eigenvalue weighted by Gasteiger charge is -2.58. The standard InChI is InChI=1S/C12H17IO2/c1-7(14)12-4-8-2-9(5-12)11(15-13)10(3-8)6-12/h8-11H,2-6H2,1H3. The summed E-state index contributed by atoms with van der Waals surface area (Å²) in [6.07, 6.45) is 6.42. The number of hydrogen-bond donors (Lipinski definition) is 0. The van der Waals surface area contributed by atoms with Crippen LogP contribution in [0, 0.1) is 23.2 Å². The normalized spacial score (nSPS) is 52.1. The van der Waals surface area contributed by atoms with E-state index in [0.29, 0.717) is 23.7 Å². The fourth-order valence-corrected chi connectivity index (χ4v) is 5.38. The lowest BCUT2D eigenvalue weighted by atomic mass is 9.47. The first-order valence-corrected chi connectivity index (χ1v) is 6.81. The van der Waals surface area contributed by atoms with Gasteiger partial charge in [-0.25, -0.2) is 0 Å². The van der Waals surface area contributed by atoms with Gasteiger partial charge < -0.3 is 3.07 Å². The molecule has 4 rings (SSSR count). The van der Waals surface area contributed by atoms with Crippen LogP contribution in [0.25, 0.3) is 0 Å². The van der Waals surface area contributed by atoms with Crippen LogP contribution in [0.2, 0.25) is 0 Å². The molecule has 0 aromatic heterocycles. The summed E-state index contributed by atoms with van der Waals surface area (Å²) >= 11 is 2.05. The maximum absolute atomic E-state index is 11.8. The summed E-state index contributed by atoms with van der Waals surface area (Å²) in [5.74, 6) is 2.58. The number of ketones is 1. The third kappa shape index (κ3) is 1.42. The van der Waals surface area contributed by atoms with Crippen molar-refractivity contribution < 1.29 is 7.86 Å². The molecular formula is C12H17IO2. The van der Waals surface area contributed by atoms with Crippen LogP contribution in [0.1, 0.15) is 39.0 Å². The molecule has 0 aliphatic heterocycles. The van der Waals surface area contributed by atoms with Gasteiger partial charge in [-0.3, -0.25) is 4.79 Å². The van der Waals surface area contributed by atoms with E-state index in [1.807, 2.05) is 0 Å². The molecule has 4 fully saturated rings. The van der Waals surface area contributed by atoms with Gasteiger partial charge in [-0.05, 0) is 56.8 Å². The van der Waals surface area contributed by atoms with Crippen molar-refractivity contribution in [1.82, 2.24) is 0 Å². The zero-order chi connectivity index (χ0) is 10.6. The zero-order valence-corrected chi connectivity index (χ0v) is 11.2. The number of halogens is 1. The number of hydrogen-bond acceptors (Lipinski definition) is 2. The van der Waals surface area contributed by atoms with Crippen LogP contribution in [-0.2, 0) is 7.86 Å².